The fraction of sp³-hybridized carbons (Fsp3) is 0.316. The summed E-state index contributed by atoms with van der Waals surface area (Å²) in [6, 6.07) is 6.40. The highest BCUT2D eigenvalue weighted by Crippen LogP contribution is 2.46. The molecule has 29 heavy (non-hydrogen) atoms. The summed E-state index contributed by atoms with van der Waals surface area (Å²) < 4.78 is 22.0. The molecule has 0 fully saturated rings. The van der Waals surface area contributed by atoms with Crippen molar-refractivity contribution in [2.24, 2.45) is 0 Å². The number of nitro groups is 1. The maximum Gasteiger partial charge on any atom is 0.327 e. The van der Waals surface area contributed by atoms with E-state index in [2.05, 4.69) is 21.2 Å². The summed E-state index contributed by atoms with van der Waals surface area (Å²) in [4.78, 5) is 24.1. The molecule has 0 aromatic heterocycles. The first kappa shape index (κ1) is 20.7. The number of hydrogen-bond donors (Lipinski definition) is 1. The molecule has 10 heteroatoms. The fourth-order valence-electron chi connectivity index (χ4n) is 3.25. The van der Waals surface area contributed by atoms with E-state index in [9.17, 15) is 14.9 Å². The van der Waals surface area contributed by atoms with Crippen LogP contribution >= 0.6 is 15.9 Å². The van der Waals surface area contributed by atoms with Crippen LogP contribution in [0, 0.1) is 10.1 Å². The number of hydrogen-bond acceptors (Lipinski definition) is 7. The Labute approximate surface area is 175 Å². The van der Waals surface area contributed by atoms with Crippen LogP contribution in [0.2, 0.25) is 0 Å². The topological polar surface area (TPSA) is 109 Å². The number of amides is 1. The van der Waals surface area contributed by atoms with E-state index in [1.54, 1.807) is 6.07 Å². The minimum atomic E-state index is -0.676. The molecule has 0 saturated heterocycles. The average Bonchev–Trinajstić information content (AvgIpc) is 2.72. The molecule has 0 aliphatic carbocycles. The lowest BCUT2D eigenvalue weighted by Crippen LogP contribution is -2.32. The predicted molar refractivity (Wildman–Crippen MR) is 107 cm³/mol. The van der Waals surface area contributed by atoms with Crippen molar-refractivity contribution in [2.45, 2.75) is 12.5 Å². The van der Waals surface area contributed by atoms with Gasteiger partial charge in [0.05, 0.1) is 38.9 Å². The van der Waals surface area contributed by atoms with Crippen LogP contribution in [0.3, 0.4) is 0 Å². The van der Waals surface area contributed by atoms with Gasteiger partial charge in [0.1, 0.15) is 11.3 Å². The molecule has 0 saturated carbocycles. The van der Waals surface area contributed by atoms with Crippen molar-refractivity contribution in [3.05, 3.63) is 50.0 Å². The Hall–Kier alpha value is -3.01. The highest BCUT2D eigenvalue weighted by atomic mass is 79.9. The third-order valence-electron chi connectivity index (χ3n) is 4.55. The van der Waals surface area contributed by atoms with Gasteiger partial charge in [-0.25, -0.2) is 0 Å². The summed E-state index contributed by atoms with van der Waals surface area (Å²) in [5.41, 5.74) is 0.103. The van der Waals surface area contributed by atoms with E-state index >= 15 is 0 Å². The number of rotatable bonds is 6. The number of nitrogens with zero attached hydrogens (tertiary/aromatic N) is 1. The Balaban J connectivity index is 2.04. The van der Waals surface area contributed by atoms with Crippen LogP contribution < -0.4 is 24.3 Å². The van der Waals surface area contributed by atoms with Gasteiger partial charge in [-0.2, -0.15) is 0 Å². The van der Waals surface area contributed by atoms with Gasteiger partial charge in [0.2, 0.25) is 11.5 Å². The number of carbonyl (C=O) groups excluding carboxylic acids is 1. The van der Waals surface area contributed by atoms with Crippen molar-refractivity contribution in [2.75, 3.05) is 27.9 Å². The molecular formula is C19H19BrN2O7. The summed E-state index contributed by atoms with van der Waals surface area (Å²) in [5.74, 6) is 0.0313. The molecule has 0 bridgehead atoms. The van der Waals surface area contributed by atoms with E-state index in [1.165, 1.54) is 27.4 Å². The Kier molecular flexibility index (Phi) is 6.12. The van der Waals surface area contributed by atoms with Gasteiger partial charge in [-0.15, -0.1) is 0 Å². The van der Waals surface area contributed by atoms with Crippen molar-refractivity contribution in [3.8, 4) is 23.0 Å². The molecule has 1 aliphatic rings. The molecule has 1 N–H and O–H groups in total. The molecule has 0 radical (unpaired) electrons. The minimum absolute atomic E-state index is 0.0404. The second-order valence-corrected chi connectivity index (χ2v) is 7.06. The van der Waals surface area contributed by atoms with Crippen LogP contribution in [-0.2, 0) is 0 Å². The second kappa shape index (κ2) is 8.56. The van der Waals surface area contributed by atoms with Crippen LogP contribution in [0.5, 0.6) is 23.0 Å². The number of benzene rings is 2. The summed E-state index contributed by atoms with van der Waals surface area (Å²) >= 11 is 3.41. The van der Waals surface area contributed by atoms with Crippen molar-refractivity contribution < 1.29 is 28.7 Å². The maximum absolute atomic E-state index is 13.0. The molecule has 9 nitrogen and oxygen atoms in total. The summed E-state index contributed by atoms with van der Waals surface area (Å²) in [6.45, 7) is 0.414. The third kappa shape index (κ3) is 3.93. The van der Waals surface area contributed by atoms with Gasteiger partial charge in [-0.1, -0.05) is 15.9 Å². The smallest absolute Gasteiger partial charge is 0.327 e. The molecule has 0 spiro atoms. The van der Waals surface area contributed by atoms with Gasteiger partial charge < -0.3 is 24.3 Å². The Morgan fingerprint density at radius 2 is 1.93 bits per heavy atom. The molecule has 2 aromatic rings. The molecule has 1 aliphatic heterocycles. The lowest BCUT2D eigenvalue weighted by atomic mass is 9.99. The molecule has 154 valence electrons. The van der Waals surface area contributed by atoms with Crippen LogP contribution in [0.15, 0.2) is 28.7 Å². The lowest BCUT2D eigenvalue weighted by Gasteiger charge is -2.27. The minimum Gasteiger partial charge on any atom is -0.493 e. The number of nitrogens with one attached hydrogen (secondary N) is 1. The Bertz CT molecular complexity index is 964. The zero-order valence-electron chi connectivity index (χ0n) is 16.0. The summed E-state index contributed by atoms with van der Waals surface area (Å²) in [6.07, 6.45) is 0.521. The summed E-state index contributed by atoms with van der Waals surface area (Å²) in [7, 11) is 3.97. The second-order valence-electron chi connectivity index (χ2n) is 6.14. The molecular weight excluding hydrogens is 448 g/mol. The normalized spacial score (nSPS) is 15.0. The Morgan fingerprint density at radius 3 is 2.55 bits per heavy atom. The zero-order chi connectivity index (χ0) is 21.1. The standard InChI is InChI=1S/C19H19BrN2O7/c1-26-15-9-12(16(22(24)25)18(28-3)17(15)27-2)19(23)21-13-6-7-29-14-5-4-10(20)8-11(13)14/h4-5,8-9,13H,6-7H2,1-3H3,(H,21,23). The van der Waals surface area contributed by atoms with Crippen molar-refractivity contribution in [3.63, 3.8) is 0 Å². The van der Waals surface area contributed by atoms with E-state index < -0.39 is 16.5 Å². The van der Waals surface area contributed by atoms with Gasteiger partial charge in [-0.05, 0) is 18.2 Å². The summed E-state index contributed by atoms with van der Waals surface area (Å²) in [5, 5.41) is 14.6. The molecule has 1 heterocycles. The largest absolute Gasteiger partial charge is 0.493 e. The van der Waals surface area contributed by atoms with E-state index in [4.69, 9.17) is 18.9 Å². The maximum atomic E-state index is 13.0. The van der Waals surface area contributed by atoms with Gasteiger partial charge >= 0.3 is 5.69 Å². The number of fused-ring (bicyclic) bond motifs is 1. The molecule has 1 amide bonds. The highest BCUT2D eigenvalue weighted by Gasteiger charge is 2.34. The molecule has 3 rings (SSSR count). The number of halogens is 1. The van der Waals surface area contributed by atoms with Crippen LogP contribution in [0.25, 0.3) is 0 Å². The number of ether oxygens (including phenoxy) is 4. The number of carbonyl (C=O) groups is 1. The highest BCUT2D eigenvalue weighted by molar-refractivity contribution is 9.10. The van der Waals surface area contributed by atoms with Gasteiger partial charge in [0.25, 0.3) is 5.91 Å². The predicted octanol–water partition coefficient (Wildman–Crippen LogP) is 3.64. The molecule has 1 unspecified atom stereocenters. The van der Waals surface area contributed by atoms with E-state index in [0.717, 1.165) is 10.0 Å². The van der Waals surface area contributed by atoms with Crippen molar-refractivity contribution in [1.29, 1.82) is 0 Å². The average molecular weight is 467 g/mol. The first-order valence-electron chi connectivity index (χ1n) is 8.61. The first-order valence-corrected chi connectivity index (χ1v) is 9.41. The third-order valence-corrected chi connectivity index (χ3v) is 5.04. The molecule has 1 atom stereocenters. The molecule has 2 aromatic carbocycles. The quantitative estimate of drug-likeness (QED) is 0.511. The fourth-order valence-corrected chi connectivity index (χ4v) is 3.63. The van der Waals surface area contributed by atoms with E-state index in [0.29, 0.717) is 18.8 Å². The SMILES string of the molecule is COc1cc(C(=O)NC2CCOc3ccc(Br)cc32)c([N+](=O)[O-])c(OC)c1OC. The monoisotopic (exact) mass is 466 g/mol. The number of methoxy groups -OCH3 is 3. The Morgan fingerprint density at radius 1 is 1.21 bits per heavy atom. The van der Waals surface area contributed by atoms with Gasteiger partial charge in [0.15, 0.2) is 5.75 Å². The van der Waals surface area contributed by atoms with Crippen molar-refractivity contribution in [1.82, 2.24) is 5.32 Å². The first-order chi connectivity index (χ1) is 13.9. The number of nitro benzene ring substituents is 1. The van der Waals surface area contributed by atoms with Gasteiger partial charge in [0, 0.05) is 22.5 Å². The van der Waals surface area contributed by atoms with Gasteiger partial charge in [-0.3, -0.25) is 14.9 Å². The van der Waals surface area contributed by atoms with Crippen LogP contribution in [0.1, 0.15) is 28.4 Å². The lowest BCUT2D eigenvalue weighted by molar-refractivity contribution is -0.386. The zero-order valence-corrected chi connectivity index (χ0v) is 17.6. The van der Waals surface area contributed by atoms with E-state index in [1.807, 2.05) is 12.1 Å². The van der Waals surface area contributed by atoms with Crippen LogP contribution in [-0.4, -0.2) is 38.8 Å². The van der Waals surface area contributed by atoms with E-state index in [-0.39, 0.29) is 28.9 Å². The van der Waals surface area contributed by atoms with Crippen molar-refractivity contribution >= 4 is 27.5 Å². The van der Waals surface area contributed by atoms with Crippen LogP contribution in [0.4, 0.5) is 5.69 Å².